The summed E-state index contributed by atoms with van der Waals surface area (Å²) in [5.74, 6) is 1.42. The molecule has 6 heteroatoms. The van der Waals surface area contributed by atoms with Crippen LogP contribution in [-0.2, 0) is 0 Å². The molecule has 0 saturated carbocycles. The Morgan fingerprint density at radius 1 is 1.43 bits per heavy atom. The van der Waals surface area contributed by atoms with Crippen LogP contribution >= 0.6 is 15.9 Å². The Morgan fingerprint density at radius 3 is 2.95 bits per heavy atom. The molecule has 3 rings (SSSR count). The molecule has 0 N–H and O–H groups in total. The van der Waals surface area contributed by atoms with Crippen molar-refractivity contribution >= 4 is 27.5 Å². The van der Waals surface area contributed by atoms with Crippen molar-refractivity contribution in [2.75, 3.05) is 18.1 Å². The average molecular weight is 351 g/mol. The number of hydrogen-bond donors (Lipinski definition) is 0. The van der Waals surface area contributed by atoms with Crippen LogP contribution in [0.25, 0.3) is 0 Å². The minimum absolute atomic E-state index is 0.173. The van der Waals surface area contributed by atoms with Gasteiger partial charge in [-0.15, -0.1) is 0 Å². The number of carbonyl (C=O) groups excluding carboxylic acids is 1. The highest BCUT2D eigenvalue weighted by Crippen LogP contribution is 2.38. The molecule has 1 aliphatic rings. The Hall–Kier alpha value is -1.82. The van der Waals surface area contributed by atoms with Gasteiger partial charge in [0.15, 0.2) is 11.4 Å². The number of carbonyl (C=O) groups is 1. The van der Waals surface area contributed by atoms with Gasteiger partial charge in [-0.1, -0.05) is 25.1 Å². The van der Waals surface area contributed by atoms with Gasteiger partial charge in [-0.05, 0) is 28.1 Å². The van der Waals surface area contributed by atoms with Crippen molar-refractivity contribution in [3.05, 3.63) is 40.2 Å². The van der Waals surface area contributed by atoms with Crippen LogP contribution in [0.4, 0.5) is 5.69 Å². The molecular formula is C15H15BrN2O3. The monoisotopic (exact) mass is 350 g/mol. The minimum Gasteiger partial charge on any atom is -0.488 e. The van der Waals surface area contributed by atoms with E-state index in [1.165, 1.54) is 0 Å². The summed E-state index contributed by atoms with van der Waals surface area (Å²) < 4.78 is 11.7. The van der Waals surface area contributed by atoms with Crippen molar-refractivity contribution in [1.82, 2.24) is 5.16 Å². The largest absolute Gasteiger partial charge is 0.488 e. The fraction of sp³-hybridized carbons (Fsp3) is 0.333. The van der Waals surface area contributed by atoms with Crippen LogP contribution in [0.15, 0.2) is 33.3 Å². The smallest absolute Gasteiger partial charge is 0.280 e. The number of fused-ring (bicyclic) bond motifs is 1. The molecular weight excluding hydrogens is 336 g/mol. The lowest BCUT2D eigenvalue weighted by Crippen LogP contribution is -2.38. The van der Waals surface area contributed by atoms with Crippen LogP contribution in [0.5, 0.6) is 5.75 Å². The zero-order chi connectivity index (χ0) is 15.0. The predicted octanol–water partition coefficient (Wildman–Crippen LogP) is 3.60. The molecule has 110 valence electrons. The maximum absolute atomic E-state index is 12.6. The van der Waals surface area contributed by atoms with E-state index in [2.05, 4.69) is 21.1 Å². The highest BCUT2D eigenvalue weighted by atomic mass is 79.9. The van der Waals surface area contributed by atoms with E-state index < -0.39 is 0 Å². The van der Waals surface area contributed by atoms with Gasteiger partial charge >= 0.3 is 0 Å². The molecule has 2 heterocycles. The van der Waals surface area contributed by atoms with Crippen molar-refractivity contribution in [2.45, 2.75) is 19.8 Å². The second-order valence-electron chi connectivity index (χ2n) is 5.16. The first-order valence-electron chi connectivity index (χ1n) is 6.77. The molecule has 0 unspecified atom stereocenters. The van der Waals surface area contributed by atoms with Gasteiger partial charge < -0.3 is 9.26 Å². The molecule has 0 fully saturated rings. The third-order valence-corrected chi connectivity index (χ3v) is 3.98. The van der Waals surface area contributed by atoms with Gasteiger partial charge in [-0.25, -0.2) is 0 Å². The summed E-state index contributed by atoms with van der Waals surface area (Å²) in [7, 11) is 0. The van der Waals surface area contributed by atoms with Gasteiger partial charge in [0, 0.05) is 12.0 Å². The highest BCUT2D eigenvalue weighted by molar-refractivity contribution is 9.10. The number of aromatic nitrogens is 1. The van der Waals surface area contributed by atoms with E-state index in [0.29, 0.717) is 30.4 Å². The number of para-hydroxylation sites is 1. The molecule has 21 heavy (non-hydrogen) atoms. The lowest BCUT2D eigenvalue weighted by Gasteiger charge is -2.29. The van der Waals surface area contributed by atoms with Crippen molar-refractivity contribution in [1.29, 1.82) is 0 Å². The van der Waals surface area contributed by atoms with Crippen LogP contribution in [0.3, 0.4) is 0 Å². The van der Waals surface area contributed by atoms with Crippen molar-refractivity contribution in [2.24, 2.45) is 0 Å². The zero-order valence-electron chi connectivity index (χ0n) is 11.8. The third-order valence-electron chi connectivity index (χ3n) is 3.36. The Balaban J connectivity index is 1.94. The number of anilines is 1. The second-order valence-corrected chi connectivity index (χ2v) is 6.02. The quantitative estimate of drug-likeness (QED) is 0.830. The van der Waals surface area contributed by atoms with Gasteiger partial charge in [-0.2, -0.15) is 0 Å². The average Bonchev–Trinajstić information content (AvgIpc) is 2.96. The van der Waals surface area contributed by atoms with Crippen LogP contribution < -0.4 is 9.64 Å². The first-order chi connectivity index (χ1) is 10.1. The van der Waals surface area contributed by atoms with E-state index in [0.717, 1.165) is 10.2 Å². The van der Waals surface area contributed by atoms with Crippen LogP contribution in [-0.4, -0.2) is 24.2 Å². The summed E-state index contributed by atoms with van der Waals surface area (Å²) in [5, 5.41) is 3.89. The topological polar surface area (TPSA) is 55.6 Å². The first-order valence-corrected chi connectivity index (χ1v) is 7.57. The highest BCUT2D eigenvalue weighted by Gasteiger charge is 2.28. The Kier molecular flexibility index (Phi) is 3.71. The first kappa shape index (κ1) is 14.1. The molecule has 1 amide bonds. The fourth-order valence-electron chi connectivity index (χ4n) is 2.22. The molecule has 0 bridgehead atoms. The second kappa shape index (κ2) is 5.52. The molecule has 0 atom stereocenters. The summed E-state index contributed by atoms with van der Waals surface area (Å²) >= 11 is 3.44. The van der Waals surface area contributed by atoms with Crippen molar-refractivity contribution < 1.29 is 14.1 Å². The van der Waals surface area contributed by atoms with Gasteiger partial charge in [-0.3, -0.25) is 9.69 Å². The molecule has 2 aromatic rings. The number of ether oxygens (including phenoxy) is 1. The number of halogens is 1. The minimum atomic E-state index is -0.173. The lowest BCUT2D eigenvalue weighted by molar-refractivity contribution is 0.0967. The fourth-order valence-corrected chi connectivity index (χ4v) is 2.69. The predicted molar refractivity (Wildman–Crippen MR) is 81.9 cm³/mol. The maximum Gasteiger partial charge on any atom is 0.280 e. The van der Waals surface area contributed by atoms with E-state index >= 15 is 0 Å². The summed E-state index contributed by atoms with van der Waals surface area (Å²) in [4.78, 5) is 14.3. The van der Waals surface area contributed by atoms with Gasteiger partial charge in [0.05, 0.1) is 16.7 Å². The maximum atomic E-state index is 12.6. The Labute approximate surface area is 131 Å². The number of amides is 1. The number of benzene rings is 1. The van der Waals surface area contributed by atoms with E-state index in [4.69, 9.17) is 9.26 Å². The van der Waals surface area contributed by atoms with E-state index in [-0.39, 0.29) is 11.8 Å². The van der Waals surface area contributed by atoms with E-state index in [1.54, 1.807) is 11.0 Å². The molecule has 1 aromatic carbocycles. The normalized spacial score (nSPS) is 14.0. The van der Waals surface area contributed by atoms with E-state index in [9.17, 15) is 4.79 Å². The summed E-state index contributed by atoms with van der Waals surface area (Å²) in [5.41, 5.74) is 1.07. The van der Waals surface area contributed by atoms with Crippen molar-refractivity contribution in [3.8, 4) is 5.75 Å². The van der Waals surface area contributed by atoms with E-state index in [1.807, 2.05) is 32.0 Å². The lowest BCUT2D eigenvalue weighted by atomic mass is 10.1. The Morgan fingerprint density at radius 2 is 2.24 bits per heavy atom. The SMILES string of the molecule is CC(C)c1cc(C(=O)N2CCOc3c(Br)cccc32)no1. The number of rotatable bonds is 2. The molecule has 0 saturated heterocycles. The molecule has 1 aliphatic heterocycles. The number of hydrogen-bond acceptors (Lipinski definition) is 4. The van der Waals surface area contributed by atoms with Crippen LogP contribution in [0.1, 0.15) is 36.0 Å². The summed E-state index contributed by atoms with van der Waals surface area (Å²) in [6.07, 6.45) is 0. The standard InChI is InChI=1S/C15H15BrN2O3/c1-9(2)13-8-11(17-21-13)15(19)18-6-7-20-14-10(16)4-3-5-12(14)18/h3-5,8-9H,6-7H2,1-2H3. The van der Waals surface area contributed by atoms with Gasteiger partial charge in [0.25, 0.3) is 5.91 Å². The molecule has 0 aliphatic carbocycles. The van der Waals surface area contributed by atoms with Gasteiger partial charge in [0.2, 0.25) is 0 Å². The molecule has 0 radical (unpaired) electrons. The zero-order valence-corrected chi connectivity index (χ0v) is 13.4. The molecule has 1 aromatic heterocycles. The van der Waals surface area contributed by atoms with Crippen LogP contribution in [0, 0.1) is 0 Å². The van der Waals surface area contributed by atoms with Gasteiger partial charge in [0.1, 0.15) is 12.4 Å². The van der Waals surface area contributed by atoms with Crippen LogP contribution in [0.2, 0.25) is 0 Å². The Bertz CT molecular complexity index is 681. The van der Waals surface area contributed by atoms with Crippen molar-refractivity contribution in [3.63, 3.8) is 0 Å². The summed E-state index contributed by atoms with van der Waals surface area (Å²) in [6, 6.07) is 7.33. The molecule has 5 nitrogen and oxygen atoms in total. The third kappa shape index (κ3) is 2.55. The molecule has 0 spiro atoms. The number of nitrogens with zero attached hydrogens (tertiary/aromatic N) is 2. The summed E-state index contributed by atoms with van der Waals surface area (Å²) in [6.45, 7) is 4.94.